The van der Waals surface area contributed by atoms with Gasteiger partial charge in [-0.1, -0.05) is 24.3 Å². The number of ketones is 2. The largest absolute Gasteiger partial charge is 0.450 e. The number of carbonyl (C=O) groups excluding carboxylic acids is 2. The Balaban J connectivity index is 2.10. The van der Waals surface area contributed by atoms with Crippen molar-refractivity contribution in [2.24, 2.45) is 0 Å². The van der Waals surface area contributed by atoms with Crippen LogP contribution in [0.1, 0.15) is 16.8 Å². The molecule has 0 radical (unpaired) electrons. The maximum Gasteiger partial charge on any atom is 0.450 e. The highest BCUT2D eigenvalue weighted by Gasteiger charge is 2.39. The lowest BCUT2D eigenvalue weighted by Gasteiger charge is -2.05. The lowest BCUT2D eigenvalue weighted by atomic mass is 10.0. The lowest BCUT2D eigenvalue weighted by Crippen LogP contribution is -2.25. The van der Waals surface area contributed by atoms with Gasteiger partial charge in [0.2, 0.25) is 5.78 Å². The van der Waals surface area contributed by atoms with E-state index in [9.17, 15) is 22.8 Å². The molecule has 1 heterocycles. The Morgan fingerprint density at radius 1 is 1.15 bits per heavy atom. The van der Waals surface area contributed by atoms with Crippen molar-refractivity contribution in [3.05, 3.63) is 42.2 Å². The zero-order valence-corrected chi connectivity index (χ0v) is 10.1. The monoisotopic (exact) mass is 282 g/mol. The number of rotatable bonds is 4. The van der Waals surface area contributed by atoms with E-state index in [2.05, 4.69) is 9.97 Å². The molecule has 104 valence electrons. The van der Waals surface area contributed by atoms with Crippen molar-refractivity contribution >= 4 is 11.6 Å². The molecule has 0 atom stereocenters. The molecular formula is C13H9F3N2O2. The minimum Gasteiger partial charge on any atom is -0.345 e. The van der Waals surface area contributed by atoms with Crippen molar-refractivity contribution in [2.45, 2.75) is 12.6 Å². The third-order valence-electron chi connectivity index (χ3n) is 2.62. The van der Waals surface area contributed by atoms with Crippen LogP contribution >= 0.6 is 0 Å². The number of hydrogen-bond donors (Lipinski definition) is 1. The van der Waals surface area contributed by atoms with Crippen LogP contribution in [-0.4, -0.2) is 27.7 Å². The second kappa shape index (κ2) is 5.28. The zero-order valence-electron chi connectivity index (χ0n) is 10.1. The van der Waals surface area contributed by atoms with Crippen LogP contribution in [0, 0.1) is 0 Å². The number of nitrogens with zero attached hydrogens (tertiary/aromatic N) is 1. The van der Waals surface area contributed by atoms with Crippen LogP contribution in [-0.2, 0) is 4.79 Å². The van der Waals surface area contributed by atoms with E-state index in [1.807, 2.05) is 0 Å². The summed E-state index contributed by atoms with van der Waals surface area (Å²) in [4.78, 5) is 29.2. The van der Waals surface area contributed by atoms with Gasteiger partial charge in [-0.2, -0.15) is 13.2 Å². The number of benzene rings is 1. The maximum absolute atomic E-state index is 12.1. The summed E-state index contributed by atoms with van der Waals surface area (Å²) in [6.45, 7) is 0. The van der Waals surface area contributed by atoms with E-state index in [1.165, 1.54) is 12.1 Å². The second-order valence-corrected chi connectivity index (χ2v) is 4.04. The highest BCUT2D eigenvalue weighted by atomic mass is 19.4. The average molecular weight is 282 g/mol. The molecule has 2 rings (SSSR count). The molecule has 0 saturated heterocycles. The molecule has 0 aliphatic heterocycles. The summed E-state index contributed by atoms with van der Waals surface area (Å²) in [7, 11) is 0. The summed E-state index contributed by atoms with van der Waals surface area (Å²) in [5, 5.41) is 0. The van der Waals surface area contributed by atoms with Crippen molar-refractivity contribution in [1.29, 1.82) is 0 Å². The third kappa shape index (κ3) is 3.11. The van der Waals surface area contributed by atoms with Gasteiger partial charge >= 0.3 is 6.18 Å². The van der Waals surface area contributed by atoms with Gasteiger partial charge in [0.25, 0.3) is 0 Å². The Labute approximate surface area is 111 Å². The van der Waals surface area contributed by atoms with Crippen molar-refractivity contribution < 1.29 is 22.8 Å². The van der Waals surface area contributed by atoms with Gasteiger partial charge in [-0.05, 0) is 0 Å². The standard InChI is InChI=1S/C13H9F3N2O2/c14-13(15,16)11(20)7-10(19)8-1-3-9(4-2-8)12-17-5-6-18-12/h1-6H,7H2,(H,17,18). The van der Waals surface area contributed by atoms with Crippen LogP contribution in [0.4, 0.5) is 13.2 Å². The second-order valence-electron chi connectivity index (χ2n) is 4.04. The van der Waals surface area contributed by atoms with Gasteiger partial charge in [0.15, 0.2) is 5.78 Å². The molecule has 4 nitrogen and oxygen atoms in total. The van der Waals surface area contributed by atoms with Crippen molar-refractivity contribution in [3.8, 4) is 11.4 Å². The van der Waals surface area contributed by atoms with E-state index in [-0.39, 0.29) is 5.56 Å². The van der Waals surface area contributed by atoms with Gasteiger partial charge in [0.1, 0.15) is 5.82 Å². The number of H-pyrrole nitrogens is 1. The summed E-state index contributed by atoms with van der Waals surface area (Å²) in [5.74, 6) is -2.33. The van der Waals surface area contributed by atoms with Crippen molar-refractivity contribution in [3.63, 3.8) is 0 Å². The summed E-state index contributed by atoms with van der Waals surface area (Å²) in [6, 6.07) is 5.82. The summed E-state index contributed by atoms with van der Waals surface area (Å²) < 4.78 is 36.2. The molecule has 7 heteroatoms. The number of aromatic nitrogens is 2. The van der Waals surface area contributed by atoms with Crippen LogP contribution in [0.5, 0.6) is 0 Å². The molecule has 0 unspecified atom stereocenters. The fourth-order valence-electron chi connectivity index (χ4n) is 1.59. The average Bonchev–Trinajstić information content (AvgIpc) is 2.91. The molecule has 0 amide bonds. The molecule has 0 aliphatic carbocycles. The third-order valence-corrected chi connectivity index (χ3v) is 2.62. The first kappa shape index (κ1) is 14.0. The molecule has 20 heavy (non-hydrogen) atoms. The first-order valence-corrected chi connectivity index (χ1v) is 5.61. The smallest absolute Gasteiger partial charge is 0.345 e. The normalized spacial score (nSPS) is 11.3. The molecule has 0 aliphatic rings. The Morgan fingerprint density at radius 2 is 1.80 bits per heavy atom. The molecule has 0 bridgehead atoms. The van der Waals surface area contributed by atoms with E-state index >= 15 is 0 Å². The topological polar surface area (TPSA) is 62.8 Å². The van der Waals surface area contributed by atoms with E-state index in [4.69, 9.17) is 0 Å². The van der Waals surface area contributed by atoms with E-state index in [0.29, 0.717) is 11.4 Å². The number of alkyl halides is 3. The van der Waals surface area contributed by atoms with Gasteiger partial charge in [0.05, 0.1) is 6.42 Å². The molecule has 1 aromatic heterocycles. The van der Waals surface area contributed by atoms with E-state index in [1.54, 1.807) is 24.5 Å². The Hall–Kier alpha value is -2.44. The molecule has 0 fully saturated rings. The van der Waals surface area contributed by atoms with Crippen LogP contribution in [0.25, 0.3) is 11.4 Å². The first-order valence-electron chi connectivity index (χ1n) is 5.61. The molecule has 0 saturated carbocycles. The first-order chi connectivity index (χ1) is 9.38. The highest BCUT2D eigenvalue weighted by molar-refractivity contribution is 6.09. The molecule has 1 N–H and O–H groups in total. The predicted octanol–water partition coefficient (Wildman–Crippen LogP) is 2.78. The van der Waals surface area contributed by atoms with Crippen LogP contribution < -0.4 is 0 Å². The lowest BCUT2D eigenvalue weighted by molar-refractivity contribution is -0.170. The van der Waals surface area contributed by atoms with Crippen LogP contribution in [0.3, 0.4) is 0 Å². The van der Waals surface area contributed by atoms with Gasteiger partial charge in [-0.15, -0.1) is 0 Å². The zero-order chi connectivity index (χ0) is 14.8. The van der Waals surface area contributed by atoms with Gasteiger partial charge in [0, 0.05) is 23.5 Å². The number of Topliss-reactive ketones (excluding diaryl/α,β-unsaturated/α-hetero) is 2. The fraction of sp³-hybridized carbons (Fsp3) is 0.154. The fourth-order valence-corrected chi connectivity index (χ4v) is 1.59. The molecule has 0 spiro atoms. The van der Waals surface area contributed by atoms with Gasteiger partial charge in [-0.3, -0.25) is 9.59 Å². The number of carbonyl (C=O) groups is 2. The Morgan fingerprint density at radius 3 is 2.30 bits per heavy atom. The number of aromatic amines is 1. The van der Waals surface area contributed by atoms with Crippen molar-refractivity contribution in [2.75, 3.05) is 0 Å². The van der Waals surface area contributed by atoms with Crippen molar-refractivity contribution in [1.82, 2.24) is 9.97 Å². The minimum atomic E-state index is -4.98. The molecule has 2 aromatic rings. The quantitative estimate of drug-likeness (QED) is 0.692. The molecule has 1 aromatic carbocycles. The predicted molar refractivity (Wildman–Crippen MR) is 64.0 cm³/mol. The maximum atomic E-state index is 12.1. The van der Waals surface area contributed by atoms with E-state index < -0.39 is 24.2 Å². The Kier molecular flexibility index (Phi) is 3.69. The SMILES string of the molecule is O=C(CC(=O)C(F)(F)F)c1ccc(-c2ncc[nH]2)cc1. The minimum absolute atomic E-state index is 0.0536. The summed E-state index contributed by atoms with van der Waals surface area (Å²) >= 11 is 0. The van der Waals surface area contributed by atoms with Gasteiger partial charge < -0.3 is 4.98 Å². The molecular weight excluding hydrogens is 273 g/mol. The van der Waals surface area contributed by atoms with Crippen LogP contribution in [0.15, 0.2) is 36.7 Å². The summed E-state index contributed by atoms with van der Waals surface area (Å²) in [6.07, 6.45) is -2.99. The number of halogens is 3. The van der Waals surface area contributed by atoms with Crippen LogP contribution in [0.2, 0.25) is 0 Å². The number of imidazole rings is 1. The van der Waals surface area contributed by atoms with E-state index in [0.717, 1.165) is 0 Å². The number of nitrogens with one attached hydrogen (secondary N) is 1. The number of hydrogen-bond acceptors (Lipinski definition) is 3. The highest BCUT2D eigenvalue weighted by Crippen LogP contribution is 2.20. The van der Waals surface area contributed by atoms with Gasteiger partial charge in [-0.25, -0.2) is 4.98 Å². The summed E-state index contributed by atoms with van der Waals surface area (Å²) in [5.41, 5.74) is 0.742. The Bertz CT molecular complexity index is 616.